The molecule has 3 saturated carbocycles. The summed E-state index contributed by atoms with van der Waals surface area (Å²) >= 11 is 0. The summed E-state index contributed by atoms with van der Waals surface area (Å²) in [5.41, 5.74) is 1.48. The van der Waals surface area contributed by atoms with Crippen molar-refractivity contribution in [2.75, 3.05) is 13.6 Å². The highest BCUT2D eigenvalue weighted by Crippen LogP contribution is 2.68. The molecule has 0 aromatic rings. The summed E-state index contributed by atoms with van der Waals surface area (Å²) in [6.45, 7) is 5.83. The Kier molecular flexibility index (Phi) is 3.30. The molecule has 0 aromatic carbocycles. The van der Waals surface area contributed by atoms with Crippen LogP contribution in [0.5, 0.6) is 0 Å². The Balaban J connectivity index is 1.55. The number of aliphatic hydroxyl groups is 1. The van der Waals surface area contributed by atoms with Crippen molar-refractivity contribution in [2.24, 2.45) is 34.5 Å². The second-order valence-corrected chi connectivity index (χ2v) is 9.87. The summed E-state index contributed by atoms with van der Waals surface area (Å²) in [4.78, 5) is 14.4. The predicted molar refractivity (Wildman–Crippen MR) is 97.9 cm³/mol. The summed E-state index contributed by atoms with van der Waals surface area (Å²) in [6.07, 6.45) is 11.3. The lowest BCUT2D eigenvalue weighted by molar-refractivity contribution is -0.117. The average molecular weight is 341 g/mol. The Morgan fingerprint density at radius 1 is 1.24 bits per heavy atom. The predicted octanol–water partition coefficient (Wildman–Crippen LogP) is 3.20. The van der Waals surface area contributed by atoms with Crippen LogP contribution < -0.4 is 0 Å². The van der Waals surface area contributed by atoms with Crippen molar-refractivity contribution >= 4 is 5.78 Å². The highest BCUT2D eigenvalue weighted by molar-refractivity contribution is 6.01. The van der Waals surface area contributed by atoms with Gasteiger partial charge in [-0.05, 0) is 81.4 Å². The molecular weight excluding hydrogens is 310 g/mol. The van der Waals surface area contributed by atoms with E-state index in [2.05, 4.69) is 31.9 Å². The fourth-order valence-electron chi connectivity index (χ4n) is 8.09. The third-order valence-electron chi connectivity index (χ3n) is 9.11. The molecule has 8 atom stereocenters. The van der Waals surface area contributed by atoms with Crippen LogP contribution in [0.15, 0.2) is 23.8 Å². The number of carbonyl (C=O) groups is 1. The average Bonchev–Trinajstić information content (AvgIpc) is 3.02. The Morgan fingerprint density at radius 3 is 2.80 bits per heavy atom. The molecule has 4 fully saturated rings. The molecule has 1 N–H and O–H groups in total. The molecule has 0 aromatic heterocycles. The van der Waals surface area contributed by atoms with Gasteiger partial charge >= 0.3 is 0 Å². The second kappa shape index (κ2) is 5.07. The zero-order chi connectivity index (χ0) is 17.6. The molecule has 0 unspecified atom stereocenters. The Morgan fingerprint density at radius 2 is 2.00 bits per heavy atom. The standard InChI is InChI=1S/C22H31NO2/c1-13-17-6-7-18-16-5-4-14-10-15(24)8-9-21(14,2)20(16)19(25)11-22(17,18)12-23(13)3/h8-10,13,16-20,25H,4-7,11-12H2,1-3H3/t13-,16-,17+,18-,19+,20+,21-,22-/m0/s1. The number of aliphatic hydroxyl groups excluding tert-OH is 1. The Bertz CT molecular complexity index is 682. The van der Waals surface area contributed by atoms with Gasteiger partial charge in [-0.1, -0.05) is 18.6 Å². The largest absolute Gasteiger partial charge is 0.393 e. The van der Waals surface area contributed by atoms with Gasteiger partial charge in [0.2, 0.25) is 0 Å². The molecule has 1 aliphatic heterocycles. The van der Waals surface area contributed by atoms with Crippen molar-refractivity contribution < 1.29 is 9.90 Å². The zero-order valence-corrected chi connectivity index (χ0v) is 15.7. The fraction of sp³-hybridized carbons (Fsp3) is 0.773. The van der Waals surface area contributed by atoms with Crippen LogP contribution in [-0.2, 0) is 4.79 Å². The molecule has 0 radical (unpaired) electrons. The van der Waals surface area contributed by atoms with E-state index in [4.69, 9.17) is 0 Å². The highest BCUT2D eigenvalue weighted by atomic mass is 16.3. The number of allylic oxidation sites excluding steroid dienone is 4. The molecule has 1 spiro atoms. The van der Waals surface area contributed by atoms with Crippen molar-refractivity contribution in [3.8, 4) is 0 Å². The van der Waals surface area contributed by atoms with E-state index < -0.39 is 0 Å². The Hall–Kier alpha value is -0.930. The van der Waals surface area contributed by atoms with Crippen LogP contribution in [-0.4, -0.2) is 41.5 Å². The molecule has 3 heteroatoms. The molecule has 136 valence electrons. The first-order chi connectivity index (χ1) is 11.9. The van der Waals surface area contributed by atoms with Gasteiger partial charge in [0.25, 0.3) is 0 Å². The minimum absolute atomic E-state index is 0.119. The van der Waals surface area contributed by atoms with E-state index in [0.29, 0.717) is 17.4 Å². The van der Waals surface area contributed by atoms with E-state index in [1.165, 1.54) is 18.4 Å². The van der Waals surface area contributed by atoms with Crippen molar-refractivity contribution in [3.63, 3.8) is 0 Å². The summed E-state index contributed by atoms with van der Waals surface area (Å²) in [5, 5.41) is 11.4. The van der Waals surface area contributed by atoms with Gasteiger partial charge in [-0.15, -0.1) is 0 Å². The van der Waals surface area contributed by atoms with Crippen LogP contribution in [0.2, 0.25) is 0 Å². The monoisotopic (exact) mass is 341 g/mol. The van der Waals surface area contributed by atoms with Crippen LogP contribution in [0, 0.1) is 34.5 Å². The number of hydrogen-bond acceptors (Lipinski definition) is 3. The van der Waals surface area contributed by atoms with Gasteiger partial charge in [-0.2, -0.15) is 0 Å². The maximum atomic E-state index is 11.9. The maximum absolute atomic E-state index is 11.9. The first kappa shape index (κ1) is 16.3. The van der Waals surface area contributed by atoms with E-state index in [1.54, 1.807) is 6.08 Å². The third-order valence-corrected chi connectivity index (χ3v) is 9.11. The number of rotatable bonds is 0. The lowest BCUT2D eigenvalue weighted by Gasteiger charge is -2.58. The van der Waals surface area contributed by atoms with Gasteiger partial charge in [-0.3, -0.25) is 4.79 Å². The molecule has 1 heterocycles. The molecule has 0 amide bonds. The summed E-state index contributed by atoms with van der Waals surface area (Å²) < 4.78 is 0. The van der Waals surface area contributed by atoms with Gasteiger partial charge in [-0.25, -0.2) is 0 Å². The van der Waals surface area contributed by atoms with Gasteiger partial charge in [0.15, 0.2) is 5.78 Å². The molecule has 0 bridgehead atoms. The number of ketones is 1. The molecule has 5 rings (SSSR count). The molecule has 25 heavy (non-hydrogen) atoms. The topological polar surface area (TPSA) is 40.5 Å². The fourth-order valence-corrected chi connectivity index (χ4v) is 8.09. The van der Waals surface area contributed by atoms with Gasteiger partial charge in [0.1, 0.15) is 0 Å². The SMILES string of the molecule is C[C@H]1[C@H]2CC[C@H]3[C@@H]4CCC5=CC(=O)C=C[C@]5(C)[C@H]4[C@H](O)C[C@]23CN1C. The highest BCUT2D eigenvalue weighted by Gasteiger charge is 2.66. The Labute approximate surface area is 151 Å². The summed E-state index contributed by atoms with van der Waals surface area (Å²) in [6, 6.07) is 0.649. The van der Waals surface area contributed by atoms with Crippen molar-refractivity contribution in [1.29, 1.82) is 0 Å². The number of fused-ring (bicyclic) bond motifs is 4. The van der Waals surface area contributed by atoms with Crippen molar-refractivity contribution in [2.45, 2.75) is 58.1 Å². The second-order valence-electron chi connectivity index (χ2n) is 9.87. The van der Waals surface area contributed by atoms with Crippen molar-refractivity contribution in [3.05, 3.63) is 23.8 Å². The first-order valence-corrected chi connectivity index (χ1v) is 10.2. The van der Waals surface area contributed by atoms with Crippen LogP contribution >= 0.6 is 0 Å². The van der Waals surface area contributed by atoms with Crippen LogP contribution in [0.4, 0.5) is 0 Å². The zero-order valence-electron chi connectivity index (χ0n) is 15.7. The summed E-state index contributed by atoms with van der Waals surface area (Å²) in [5.74, 6) is 2.52. The van der Waals surface area contributed by atoms with E-state index >= 15 is 0 Å². The molecule has 1 saturated heterocycles. The van der Waals surface area contributed by atoms with E-state index in [0.717, 1.165) is 37.6 Å². The van der Waals surface area contributed by atoms with Crippen LogP contribution in [0.25, 0.3) is 0 Å². The lowest BCUT2D eigenvalue weighted by atomic mass is 9.46. The molecule has 5 aliphatic rings. The molecule has 3 nitrogen and oxygen atoms in total. The van der Waals surface area contributed by atoms with Crippen LogP contribution in [0.1, 0.15) is 46.0 Å². The van der Waals surface area contributed by atoms with Gasteiger partial charge < -0.3 is 10.0 Å². The van der Waals surface area contributed by atoms with E-state index in [-0.39, 0.29) is 23.2 Å². The van der Waals surface area contributed by atoms with E-state index in [1.807, 2.05) is 6.08 Å². The normalized spacial score (nSPS) is 54.6. The smallest absolute Gasteiger partial charge is 0.178 e. The van der Waals surface area contributed by atoms with Crippen molar-refractivity contribution in [1.82, 2.24) is 4.90 Å². The van der Waals surface area contributed by atoms with Gasteiger partial charge in [0.05, 0.1) is 6.10 Å². The summed E-state index contributed by atoms with van der Waals surface area (Å²) in [7, 11) is 2.27. The number of hydrogen-bond donors (Lipinski definition) is 1. The lowest BCUT2D eigenvalue weighted by Crippen LogP contribution is -2.57. The molecule has 4 aliphatic carbocycles. The number of nitrogens with zero attached hydrogens (tertiary/aromatic N) is 1. The molecular formula is C22H31NO2. The van der Waals surface area contributed by atoms with E-state index in [9.17, 15) is 9.90 Å². The van der Waals surface area contributed by atoms with Gasteiger partial charge in [0, 0.05) is 23.9 Å². The van der Waals surface area contributed by atoms with Crippen LogP contribution in [0.3, 0.4) is 0 Å². The quantitative estimate of drug-likeness (QED) is 0.735. The third kappa shape index (κ3) is 1.92. The number of likely N-dealkylation sites (tertiary alicyclic amines) is 1. The number of carbonyl (C=O) groups excluding carboxylic acids is 1. The minimum atomic E-state index is -0.243. The maximum Gasteiger partial charge on any atom is 0.178 e. The first-order valence-electron chi connectivity index (χ1n) is 10.2. The minimum Gasteiger partial charge on any atom is -0.393 e.